The second-order valence-electron chi connectivity index (χ2n) is 5.27. The first-order valence-corrected chi connectivity index (χ1v) is 7.27. The summed E-state index contributed by atoms with van der Waals surface area (Å²) in [6.07, 6.45) is 0.146. The molecule has 0 spiro atoms. The van der Waals surface area contributed by atoms with Crippen molar-refractivity contribution in [2.45, 2.75) is 26.0 Å². The maximum Gasteiger partial charge on any atom is 0.0992 e. The third kappa shape index (κ3) is 3.86. The molecule has 5 heteroatoms. The highest BCUT2D eigenvalue weighted by atomic mass is 35.5. The lowest BCUT2D eigenvalue weighted by molar-refractivity contribution is -0.0315. The molecule has 1 fully saturated rings. The van der Waals surface area contributed by atoms with Crippen molar-refractivity contribution in [3.8, 4) is 6.07 Å². The molecule has 4 nitrogen and oxygen atoms in total. The molecule has 0 amide bonds. The van der Waals surface area contributed by atoms with Crippen molar-refractivity contribution < 1.29 is 4.74 Å². The van der Waals surface area contributed by atoms with E-state index in [-0.39, 0.29) is 6.10 Å². The fourth-order valence-electron chi connectivity index (χ4n) is 2.29. The number of halogens is 1. The molecular weight excluding hydrogens is 274 g/mol. The Labute approximate surface area is 125 Å². The highest BCUT2D eigenvalue weighted by Crippen LogP contribution is 2.23. The highest BCUT2D eigenvalue weighted by Gasteiger charge is 2.22. The van der Waals surface area contributed by atoms with Gasteiger partial charge in [0.15, 0.2) is 0 Å². The molecule has 1 aliphatic rings. The van der Waals surface area contributed by atoms with Crippen LogP contribution in [0, 0.1) is 11.3 Å². The largest absolute Gasteiger partial charge is 0.381 e. The zero-order valence-electron chi connectivity index (χ0n) is 11.9. The first kappa shape index (κ1) is 15.1. The Bertz CT molecular complexity index is 498. The minimum atomic E-state index is 0.146. The Kier molecular flexibility index (Phi) is 5.24. The van der Waals surface area contributed by atoms with Crippen LogP contribution >= 0.6 is 11.6 Å². The highest BCUT2D eigenvalue weighted by molar-refractivity contribution is 6.33. The van der Waals surface area contributed by atoms with E-state index in [1.165, 1.54) is 0 Å². The van der Waals surface area contributed by atoms with Crippen LogP contribution in [-0.4, -0.2) is 43.3 Å². The van der Waals surface area contributed by atoms with Gasteiger partial charge in [-0.1, -0.05) is 11.6 Å². The van der Waals surface area contributed by atoms with Gasteiger partial charge in [0.1, 0.15) is 0 Å². The van der Waals surface area contributed by atoms with Crippen molar-refractivity contribution in [3.05, 3.63) is 28.8 Å². The lowest BCUT2D eigenvalue weighted by Crippen LogP contribution is -2.48. The van der Waals surface area contributed by atoms with Crippen LogP contribution in [-0.2, 0) is 4.74 Å². The maximum atomic E-state index is 8.91. The monoisotopic (exact) mass is 293 g/mol. The number of ether oxygens (including phenoxy) is 1. The summed E-state index contributed by atoms with van der Waals surface area (Å²) >= 11 is 6.13. The molecular formula is C15H20ClN3O. The second kappa shape index (κ2) is 6.94. The molecule has 0 saturated carbocycles. The van der Waals surface area contributed by atoms with Crippen LogP contribution in [0.2, 0.25) is 5.02 Å². The van der Waals surface area contributed by atoms with Gasteiger partial charge in [-0.25, -0.2) is 0 Å². The third-order valence-corrected chi connectivity index (χ3v) is 3.85. The predicted molar refractivity (Wildman–Crippen MR) is 81.1 cm³/mol. The summed E-state index contributed by atoms with van der Waals surface area (Å²) in [5, 5.41) is 12.8. The third-order valence-electron chi connectivity index (χ3n) is 3.52. The van der Waals surface area contributed by atoms with Gasteiger partial charge in [-0.3, -0.25) is 4.90 Å². The molecule has 20 heavy (non-hydrogen) atoms. The minimum Gasteiger partial charge on any atom is -0.381 e. The molecule has 1 aromatic carbocycles. The smallest absolute Gasteiger partial charge is 0.0992 e. The van der Waals surface area contributed by atoms with Gasteiger partial charge in [-0.2, -0.15) is 5.26 Å². The van der Waals surface area contributed by atoms with Crippen LogP contribution in [0.4, 0.5) is 5.69 Å². The van der Waals surface area contributed by atoms with Gasteiger partial charge in [-0.15, -0.1) is 0 Å². The van der Waals surface area contributed by atoms with Crippen LogP contribution in [0.5, 0.6) is 0 Å². The Morgan fingerprint density at radius 3 is 3.05 bits per heavy atom. The molecule has 0 bridgehead atoms. The Morgan fingerprint density at radius 2 is 2.35 bits per heavy atom. The Morgan fingerprint density at radius 1 is 1.55 bits per heavy atom. The number of nitriles is 1. The van der Waals surface area contributed by atoms with Crippen molar-refractivity contribution in [1.29, 1.82) is 5.26 Å². The number of nitrogens with one attached hydrogen (secondary N) is 1. The molecule has 1 atom stereocenters. The van der Waals surface area contributed by atoms with Crippen molar-refractivity contribution in [2.75, 3.05) is 31.6 Å². The number of benzene rings is 1. The molecule has 1 heterocycles. The second-order valence-corrected chi connectivity index (χ2v) is 5.68. The van der Waals surface area contributed by atoms with Crippen molar-refractivity contribution in [3.63, 3.8) is 0 Å². The summed E-state index contributed by atoms with van der Waals surface area (Å²) in [5.74, 6) is 0. The van der Waals surface area contributed by atoms with Crippen LogP contribution in [0.1, 0.15) is 19.4 Å². The number of rotatable bonds is 4. The molecule has 108 valence electrons. The Hall–Kier alpha value is -1.28. The Balaban J connectivity index is 1.93. The molecule has 1 saturated heterocycles. The average molecular weight is 294 g/mol. The van der Waals surface area contributed by atoms with E-state index in [1.807, 2.05) is 0 Å². The lowest BCUT2D eigenvalue weighted by atomic mass is 10.2. The van der Waals surface area contributed by atoms with Crippen LogP contribution in [0.3, 0.4) is 0 Å². The van der Waals surface area contributed by atoms with E-state index in [9.17, 15) is 0 Å². The fourth-order valence-corrected chi connectivity index (χ4v) is 2.47. The number of anilines is 1. The molecule has 1 unspecified atom stereocenters. The van der Waals surface area contributed by atoms with Gasteiger partial charge in [0.2, 0.25) is 0 Å². The summed E-state index contributed by atoms with van der Waals surface area (Å²) in [5.41, 5.74) is 1.39. The van der Waals surface area contributed by atoms with Crippen LogP contribution in [0.25, 0.3) is 0 Å². The van der Waals surface area contributed by atoms with Crippen LogP contribution < -0.4 is 5.32 Å². The van der Waals surface area contributed by atoms with Gasteiger partial charge < -0.3 is 10.1 Å². The van der Waals surface area contributed by atoms with Gasteiger partial charge in [0.05, 0.1) is 35.1 Å². The number of nitrogens with zero attached hydrogens (tertiary/aromatic N) is 2. The maximum absolute atomic E-state index is 8.91. The van der Waals surface area contributed by atoms with Gasteiger partial charge in [-0.05, 0) is 32.0 Å². The zero-order valence-corrected chi connectivity index (χ0v) is 12.7. The first-order valence-electron chi connectivity index (χ1n) is 6.89. The lowest BCUT2D eigenvalue weighted by Gasteiger charge is -2.35. The number of hydrogen-bond donors (Lipinski definition) is 1. The first-order chi connectivity index (χ1) is 9.60. The number of morpholine rings is 1. The quantitative estimate of drug-likeness (QED) is 0.927. The molecule has 0 aromatic heterocycles. The fraction of sp³-hybridized carbons (Fsp3) is 0.533. The summed E-state index contributed by atoms with van der Waals surface area (Å²) in [7, 11) is 0. The van der Waals surface area contributed by atoms with Crippen LogP contribution in [0.15, 0.2) is 18.2 Å². The van der Waals surface area contributed by atoms with Gasteiger partial charge >= 0.3 is 0 Å². The summed E-state index contributed by atoms with van der Waals surface area (Å²) in [6, 6.07) is 7.87. The van der Waals surface area contributed by atoms with E-state index in [1.54, 1.807) is 18.2 Å². The van der Waals surface area contributed by atoms with Crippen molar-refractivity contribution in [2.24, 2.45) is 0 Å². The minimum absolute atomic E-state index is 0.146. The topological polar surface area (TPSA) is 48.3 Å². The molecule has 1 N–H and O–H groups in total. The standard InChI is InChI=1S/C15H20ClN3O/c1-11(2)19-5-6-20-13(10-19)9-18-15-7-12(8-17)3-4-14(15)16/h3-4,7,11,13,18H,5-6,9-10H2,1-2H3. The predicted octanol–water partition coefficient (Wildman–Crippen LogP) is 2.73. The van der Waals surface area contributed by atoms with Gasteiger partial charge in [0, 0.05) is 25.7 Å². The summed E-state index contributed by atoms with van der Waals surface area (Å²) in [4.78, 5) is 2.41. The molecule has 2 rings (SSSR count). The summed E-state index contributed by atoms with van der Waals surface area (Å²) in [6.45, 7) is 7.75. The molecule has 1 aromatic rings. The van der Waals surface area contributed by atoms with E-state index in [0.29, 0.717) is 23.2 Å². The summed E-state index contributed by atoms with van der Waals surface area (Å²) < 4.78 is 5.76. The molecule has 1 aliphatic heterocycles. The van der Waals surface area contributed by atoms with E-state index in [0.717, 1.165) is 25.4 Å². The van der Waals surface area contributed by atoms with E-state index in [4.69, 9.17) is 21.6 Å². The van der Waals surface area contributed by atoms with Crippen molar-refractivity contribution >= 4 is 17.3 Å². The van der Waals surface area contributed by atoms with E-state index >= 15 is 0 Å². The van der Waals surface area contributed by atoms with Crippen molar-refractivity contribution in [1.82, 2.24) is 4.90 Å². The van der Waals surface area contributed by atoms with Gasteiger partial charge in [0.25, 0.3) is 0 Å². The SMILES string of the molecule is CC(C)N1CCOC(CNc2cc(C#N)ccc2Cl)C1. The average Bonchev–Trinajstić information content (AvgIpc) is 2.46. The molecule has 0 radical (unpaired) electrons. The zero-order chi connectivity index (χ0) is 14.5. The van der Waals surface area contributed by atoms with E-state index < -0.39 is 0 Å². The number of hydrogen-bond acceptors (Lipinski definition) is 4. The van der Waals surface area contributed by atoms with E-state index in [2.05, 4.69) is 30.1 Å². The normalized spacial score (nSPS) is 19.9. The molecule has 0 aliphatic carbocycles.